The largest absolute Gasteiger partial charge is 0.394 e. The van der Waals surface area contributed by atoms with Crippen molar-refractivity contribution in [2.75, 3.05) is 25.5 Å². The Morgan fingerprint density at radius 2 is 2.26 bits per heavy atom. The van der Waals surface area contributed by atoms with E-state index in [2.05, 4.69) is 12.2 Å². The first-order chi connectivity index (χ1) is 9.08. The average molecular weight is 262 g/mol. The highest BCUT2D eigenvalue weighted by molar-refractivity contribution is 5.95. The molecule has 1 amide bonds. The third-order valence-electron chi connectivity index (χ3n) is 4.07. The van der Waals surface area contributed by atoms with Crippen molar-refractivity contribution in [1.29, 1.82) is 0 Å². The Balaban J connectivity index is 2.22. The van der Waals surface area contributed by atoms with Crippen molar-refractivity contribution in [1.82, 2.24) is 4.90 Å². The molecular weight excluding hydrogens is 240 g/mol. The zero-order chi connectivity index (χ0) is 14.0. The van der Waals surface area contributed by atoms with Crippen LogP contribution >= 0.6 is 0 Å². The maximum absolute atomic E-state index is 12.5. The second-order valence-corrected chi connectivity index (χ2v) is 5.29. The van der Waals surface area contributed by atoms with E-state index in [0.29, 0.717) is 11.5 Å². The molecule has 1 aromatic rings. The monoisotopic (exact) mass is 262 g/mol. The molecule has 1 aliphatic rings. The summed E-state index contributed by atoms with van der Waals surface area (Å²) in [6.45, 7) is 4.85. The highest BCUT2D eigenvalue weighted by Gasteiger charge is 2.34. The zero-order valence-electron chi connectivity index (χ0n) is 11.8. The number of hydrogen-bond donors (Lipinski definition) is 2. The molecule has 1 heterocycles. The first-order valence-electron chi connectivity index (χ1n) is 6.78. The van der Waals surface area contributed by atoms with Gasteiger partial charge in [0.15, 0.2) is 0 Å². The normalized spacial score (nSPS) is 22.6. The molecule has 2 N–H and O–H groups in total. The second kappa shape index (κ2) is 5.61. The number of nitrogens with one attached hydrogen (secondary N) is 1. The van der Waals surface area contributed by atoms with Crippen molar-refractivity contribution < 1.29 is 9.90 Å². The number of aryl methyl sites for hydroxylation is 1. The molecule has 4 heteroatoms. The van der Waals surface area contributed by atoms with Gasteiger partial charge in [-0.2, -0.15) is 0 Å². The minimum Gasteiger partial charge on any atom is -0.394 e. The van der Waals surface area contributed by atoms with E-state index in [4.69, 9.17) is 0 Å². The molecule has 104 valence electrons. The van der Waals surface area contributed by atoms with Crippen LogP contribution in [0.5, 0.6) is 0 Å². The lowest BCUT2D eigenvalue weighted by Gasteiger charge is -2.25. The van der Waals surface area contributed by atoms with Crippen molar-refractivity contribution >= 4 is 11.6 Å². The zero-order valence-corrected chi connectivity index (χ0v) is 11.8. The van der Waals surface area contributed by atoms with Crippen LogP contribution in [-0.4, -0.2) is 42.2 Å². The van der Waals surface area contributed by atoms with Gasteiger partial charge in [0.25, 0.3) is 5.91 Å². The standard InChI is InChI=1S/C15H22N2O2/c1-10-6-7-17(14(10)9-18)15(19)12-4-5-13(16-3)11(2)8-12/h4-5,8,10,14,16,18H,6-7,9H2,1-3H3. The summed E-state index contributed by atoms with van der Waals surface area (Å²) in [5.74, 6) is 0.390. The molecule has 0 aliphatic carbocycles. The molecule has 1 aromatic carbocycles. The van der Waals surface area contributed by atoms with E-state index >= 15 is 0 Å². The number of nitrogens with zero attached hydrogens (tertiary/aromatic N) is 1. The van der Waals surface area contributed by atoms with Crippen molar-refractivity contribution in [2.24, 2.45) is 5.92 Å². The van der Waals surface area contributed by atoms with Crippen molar-refractivity contribution in [3.63, 3.8) is 0 Å². The van der Waals surface area contributed by atoms with Gasteiger partial charge < -0.3 is 15.3 Å². The number of carbonyl (C=O) groups excluding carboxylic acids is 1. The summed E-state index contributed by atoms with van der Waals surface area (Å²) in [5, 5.41) is 12.5. The van der Waals surface area contributed by atoms with Gasteiger partial charge in [-0.25, -0.2) is 0 Å². The Bertz CT molecular complexity index is 473. The molecule has 4 nitrogen and oxygen atoms in total. The molecular formula is C15H22N2O2. The fourth-order valence-corrected chi connectivity index (χ4v) is 2.78. The van der Waals surface area contributed by atoms with Crippen LogP contribution in [-0.2, 0) is 0 Å². The Hall–Kier alpha value is -1.55. The summed E-state index contributed by atoms with van der Waals surface area (Å²) in [5.41, 5.74) is 2.79. The smallest absolute Gasteiger partial charge is 0.254 e. The minimum atomic E-state index is -0.0446. The van der Waals surface area contributed by atoms with Gasteiger partial charge >= 0.3 is 0 Å². The summed E-state index contributed by atoms with van der Waals surface area (Å²) in [7, 11) is 1.87. The Labute approximate surface area is 114 Å². The van der Waals surface area contributed by atoms with Crippen LogP contribution < -0.4 is 5.32 Å². The molecule has 2 unspecified atom stereocenters. The first-order valence-corrected chi connectivity index (χ1v) is 6.78. The molecule has 0 radical (unpaired) electrons. The maximum Gasteiger partial charge on any atom is 0.254 e. The van der Waals surface area contributed by atoms with Gasteiger partial charge in [0.05, 0.1) is 12.6 Å². The van der Waals surface area contributed by atoms with Crippen molar-refractivity contribution in [2.45, 2.75) is 26.3 Å². The number of hydrogen-bond acceptors (Lipinski definition) is 3. The number of rotatable bonds is 3. The second-order valence-electron chi connectivity index (χ2n) is 5.29. The van der Waals surface area contributed by atoms with Gasteiger partial charge in [-0.3, -0.25) is 4.79 Å². The lowest BCUT2D eigenvalue weighted by atomic mass is 10.0. The van der Waals surface area contributed by atoms with Crippen molar-refractivity contribution in [3.8, 4) is 0 Å². The van der Waals surface area contributed by atoms with Gasteiger partial charge in [-0.1, -0.05) is 6.92 Å². The van der Waals surface area contributed by atoms with Crippen molar-refractivity contribution in [3.05, 3.63) is 29.3 Å². The molecule has 0 saturated carbocycles. The molecule has 0 aromatic heterocycles. The average Bonchev–Trinajstić information content (AvgIpc) is 2.78. The molecule has 0 bridgehead atoms. The third-order valence-corrected chi connectivity index (χ3v) is 4.07. The summed E-state index contributed by atoms with van der Waals surface area (Å²) >= 11 is 0. The van der Waals surface area contributed by atoms with Crippen LogP contribution in [0.15, 0.2) is 18.2 Å². The SMILES string of the molecule is CNc1ccc(C(=O)N2CCC(C)C2CO)cc1C. The van der Waals surface area contributed by atoms with E-state index in [1.807, 2.05) is 32.2 Å². The van der Waals surface area contributed by atoms with Crippen LogP contribution in [0.3, 0.4) is 0 Å². The third kappa shape index (κ3) is 2.59. The minimum absolute atomic E-state index is 0.0224. The Kier molecular flexibility index (Phi) is 4.10. The predicted molar refractivity (Wildman–Crippen MR) is 76.4 cm³/mol. The van der Waals surface area contributed by atoms with E-state index in [1.54, 1.807) is 4.90 Å². The topological polar surface area (TPSA) is 52.6 Å². The Morgan fingerprint density at radius 1 is 1.53 bits per heavy atom. The predicted octanol–water partition coefficient (Wildman–Crippen LogP) is 1.88. The van der Waals surface area contributed by atoms with E-state index in [0.717, 1.165) is 24.2 Å². The Morgan fingerprint density at radius 3 is 2.84 bits per heavy atom. The highest BCUT2D eigenvalue weighted by Crippen LogP contribution is 2.26. The number of aliphatic hydroxyl groups is 1. The summed E-state index contributed by atoms with van der Waals surface area (Å²) in [4.78, 5) is 14.3. The molecule has 0 spiro atoms. The van der Waals surface area contributed by atoms with Gasteiger partial charge in [0.2, 0.25) is 0 Å². The number of anilines is 1. The molecule has 2 rings (SSSR count). The molecule has 19 heavy (non-hydrogen) atoms. The van der Waals surface area contributed by atoms with E-state index < -0.39 is 0 Å². The maximum atomic E-state index is 12.5. The van der Waals surface area contributed by atoms with Crippen LogP contribution in [0.25, 0.3) is 0 Å². The lowest BCUT2D eigenvalue weighted by molar-refractivity contribution is 0.0648. The number of amides is 1. The van der Waals surface area contributed by atoms with E-state index in [9.17, 15) is 9.90 Å². The molecule has 1 fully saturated rings. The van der Waals surface area contributed by atoms with E-state index in [1.165, 1.54) is 0 Å². The summed E-state index contributed by atoms with van der Waals surface area (Å²) in [6, 6.07) is 5.64. The van der Waals surface area contributed by atoms with Gasteiger partial charge in [0, 0.05) is 24.8 Å². The van der Waals surface area contributed by atoms with Gasteiger partial charge in [-0.05, 0) is 43.0 Å². The first kappa shape index (κ1) is 13.9. The molecule has 1 saturated heterocycles. The number of carbonyl (C=O) groups is 1. The summed E-state index contributed by atoms with van der Waals surface area (Å²) < 4.78 is 0. The van der Waals surface area contributed by atoms with Gasteiger partial charge in [0.1, 0.15) is 0 Å². The number of likely N-dealkylation sites (tertiary alicyclic amines) is 1. The number of aliphatic hydroxyl groups excluding tert-OH is 1. The fourth-order valence-electron chi connectivity index (χ4n) is 2.78. The number of benzene rings is 1. The van der Waals surface area contributed by atoms with Crippen LogP contribution in [0, 0.1) is 12.8 Å². The highest BCUT2D eigenvalue weighted by atomic mass is 16.3. The lowest BCUT2D eigenvalue weighted by Crippen LogP contribution is -2.39. The quantitative estimate of drug-likeness (QED) is 0.874. The van der Waals surface area contributed by atoms with E-state index in [-0.39, 0.29) is 18.6 Å². The fraction of sp³-hybridized carbons (Fsp3) is 0.533. The van der Waals surface area contributed by atoms with Crippen LogP contribution in [0.4, 0.5) is 5.69 Å². The van der Waals surface area contributed by atoms with Crippen LogP contribution in [0.1, 0.15) is 29.3 Å². The molecule has 2 atom stereocenters. The van der Waals surface area contributed by atoms with Crippen LogP contribution in [0.2, 0.25) is 0 Å². The van der Waals surface area contributed by atoms with Gasteiger partial charge in [-0.15, -0.1) is 0 Å². The molecule has 1 aliphatic heterocycles. The summed E-state index contributed by atoms with van der Waals surface area (Å²) in [6.07, 6.45) is 0.963.